The van der Waals surface area contributed by atoms with Gasteiger partial charge in [0.1, 0.15) is 17.5 Å². The van der Waals surface area contributed by atoms with Crippen LogP contribution in [0.5, 0.6) is 0 Å². The molecule has 0 saturated heterocycles. The number of carbonyl (C=O) groups excluding carboxylic acids is 2. The van der Waals surface area contributed by atoms with Crippen molar-refractivity contribution in [2.75, 3.05) is 11.9 Å². The molecule has 0 fully saturated rings. The van der Waals surface area contributed by atoms with Gasteiger partial charge >= 0.3 is 11.6 Å². The second-order valence-electron chi connectivity index (χ2n) is 6.77. The molecule has 152 valence electrons. The second-order valence-corrected chi connectivity index (χ2v) is 6.77. The van der Waals surface area contributed by atoms with Gasteiger partial charge in [0.25, 0.3) is 0 Å². The molecule has 4 aromatic rings. The number of nitrogens with zero attached hydrogens (tertiary/aromatic N) is 2. The van der Waals surface area contributed by atoms with E-state index in [1.807, 2.05) is 19.1 Å². The zero-order valence-corrected chi connectivity index (χ0v) is 16.5. The lowest BCUT2D eigenvalue weighted by Crippen LogP contribution is -2.21. The highest BCUT2D eigenvalue weighted by molar-refractivity contribution is 6.04. The fourth-order valence-electron chi connectivity index (χ4n) is 3.32. The van der Waals surface area contributed by atoms with E-state index in [0.29, 0.717) is 27.6 Å². The number of hydrogen-bond donors (Lipinski definition) is 1. The number of fused-ring (bicyclic) bond motifs is 3. The summed E-state index contributed by atoms with van der Waals surface area (Å²) in [6.07, 6.45) is 1.39. The monoisotopic (exact) mass is 405 g/mol. The normalized spacial score (nSPS) is 11.0. The van der Waals surface area contributed by atoms with Crippen molar-refractivity contribution in [3.8, 4) is 0 Å². The topological polar surface area (TPSA) is 103 Å². The van der Waals surface area contributed by atoms with Crippen molar-refractivity contribution in [2.45, 2.75) is 20.4 Å². The first-order valence-corrected chi connectivity index (χ1v) is 9.43. The Labute approximate surface area is 171 Å². The fourth-order valence-corrected chi connectivity index (χ4v) is 3.32. The third kappa shape index (κ3) is 3.55. The van der Waals surface area contributed by atoms with Crippen molar-refractivity contribution in [3.05, 3.63) is 70.2 Å². The molecule has 0 aliphatic heterocycles. The summed E-state index contributed by atoms with van der Waals surface area (Å²) in [6.45, 7) is 3.73. The highest BCUT2D eigenvalue weighted by Crippen LogP contribution is 2.24. The molecule has 0 radical (unpaired) electrons. The number of aryl methyl sites for hydroxylation is 1. The lowest BCUT2D eigenvalue weighted by molar-refractivity contribution is -0.116. The quantitative estimate of drug-likeness (QED) is 0.404. The Morgan fingerprint density at radius 2 is 1.97 bits per heavy atom. The molecule has 0 spiro atoms. The Morgan fingerprint density at radius 3 is 2.77 bits per heavy atom. The fraction of sp³-hybridized carbons (Fsp3) is 0.182. The van der Waals surface area contributed by atoms with Crippen LogP contribution in [0.4, 0.5) is 5.69 Å². The van der Waals surface area contributed by atoms with E-state index in [1.54, 1.807) is 37.3 Å². The van der Waals surface area contributed by atoms with Crippen LogP contribution in [0.25, 0.3) is 21.9 Å². The predicted molar refractivity (Wildman–Crippen MR) is 112 cm³/mol. The van der Waals surface area contributed by atoms with Gasteiger partial charge in [-0.3, -0.25) is 9.48 Å². The number of carbonyl (C=O) groups is 2. The van der Waals surface area contributed by atoms with Gasteiger partial charge in [0.2, 0.25) is 5.91 Å². The van der Waals surface area contributed by atoms with Crippen LogP contribution in [0.3, 0.4) is 0 Å². The molecule has 2 aromatic carbocycles. The molecule has 0 unspecified atom stereocenters. The van der Waals surface area contributed by atoms with Gasteiger partial charge in [0.05, 0.1) is 29.6 Å². The average Bonchev–Trinajstić information content (AvgIpc) is 3.13. The number of ether oxygens (including phenoxy) is 1. The Kier molecular flexibility index (Phi) is 5.05. The lowest BCUT2D eigenvalue weighted by atomic mass is 10.1. The molecule has 1 N–H and O–H groups in total. The maximum Gasteiger partial charge on any atom is 0.347 e. The number of amides is 1. The van der Waals surface area contributed by atoms with E-state index in [9.17, 15) is 14.4 Å². The summed E-state index contributed by atoms with van der Waals surface area (Å²) >= 11 is 0. The molecule has 0 aliphatic carbocycles. The van der Waals surface area contributed by atoms with Crippen molar-refractivity contribution in [2.24, 2.45) is 0 Å². The number of anilines is 1. The summed E-state index contributed by atoms with van der Waals surface area (Å²) in [4.78, 5) is 37.1. The maximum atomic E-state index is 12.7. The van der Waals surface area contributed by atoms with E-state index >= 15 is 0 Å². The maximum absolute atomic E-state index is 12.7. The van der Waals surface area contributed by atoms with Gasteiger partial charge in [-0.05, 0) is 38.1 Å². The van der Waals surface area contributed by atoms with E-state index in [0.717, 1.165) is 5.56 Å². The zero-order chi connectivity index (χ0) is 21.3. The SMILES string of the molecule is CCOC(=O)c1ccccc1NC(=O)Cn1ncc2c(=O)oc3ccc(C)cc3c21. The molecule has 2 heterocycles. The van der Waals surface area contributed by atoms with E-state index in [2.05, 4.69) is 10.4 Å². The van der Waals surface area contributed by atoms with E-state index in [4.69, 9.17) is 9.15 Å². The number of esters is 1. The van der Waals surface area contributed by atoms with Crippen LogP contribution in [-0.2, 0) is 16.1 Å². The minimum Gasteiger partial charge on any atom is -0.462 e. The standard InChI is InChI=1S/C22H19N3O5/c1-3-29-21(27)14-6-4-5-7-17(14)24-19(26)12-25-20-15-10-13(2)8-9-18(15)30-22(28)16(20)11-23-25/h4-11H,3,12H2,1-2H3,(H,24,26). The van der Waals surface area contributed by atoms with E-state index < -0.39 is 17.5 Å². The zero-order valence-electron chi connectivity index (χ0n) is 16.5. The molecule has 8 nitrogen and oxygen atoms in total. The van der Waals surface area contributed by atoms with Crippen molar-refractivity contribution < 1.29 is 18.7 Å². The summed E-state index contributed by atoms with van der Waals surface area (Å²) in [5.41, 5.74) is 2.03. The third-order valence-corrected chi connectivity index (χ3v) is 4.64. The molecule has 8 heteroatoms. The highest BCUT2D eigenvalue weighted by Gasteiger charge is 2.17. The molecular formula is C22H19N3O5. The van der Waals surface area contributed by atoms with Crippen molar-refractivity contribution in [1.82, 2.24) is 9.78 Å². The van der Waals surface area contributed by atoms with Crippen molar-refractivity contribution in [1.29, 1.82) is 0 Å². The predicted octanol–water partition coefficient (Wildman–Crippen LogP) is 3.27. The van der Waals surface area contributed by atoms with Crippen LogP contribution >= 0.6 is 0 Å². The Hall–Kier alpha value is -3.94. The van der Waals surface area contributed by atoms with Crippen LogP contribution in [0.1, 0.15) is 22.8 Å². The first-order valence-electron chi connectivity index (χ1n) is 9.43. The minimum absolute atomic E-state index is 0.146. The highest BCUT2D eigenvalue weighted by atomic mass is 16.5. The summed E-state index contributed by atoms with van der Waals surface area (Å²) in [5.74, 6) is -0.914. The van der Waals surface area contributed by atoms with E-state index in [1.165, 1.54) is 10.9 Å². The molecule has 0 atom stereocenters. The van der Waals surface area contributed by atoms with Crippen LogP contribution < -0.4 is 10.9 Å². The summed E-state index contributed by atoms with van der Waals surface area (Å²) in [7, 11) is 0. The van der Waals surface area contributed by atoms with Gasteiger partial charge in [-0.1, -0.05) is 23.8 Å². The number of aromatic nitrogens is 2. The summed E-state index contributed by atoms with van der Waals surface area (Å²) < 4.78 is 11.8. The lowest BCUT2D eigenvalue weighted by Gasteiger charge is -2.11. The number of rotatable bonds is 5. The van der Waals surface area contributed by atoms with Crippen molar-refractivity contribution in [3.63, 3.8) is 0 Å². The molecular weight excluding hydrogens is 386 g/mol. The summed E-state index contributed by atoms with van der Waals surface area (Å²) in [6, 6.07) is 12.1. The Balaban J connectivity index is 1.68. The molecule has 0 saturated carbocycles. The first-order chi connectivity index (χ1) is 14.5. The van der Waals surface area contributed by atoms with Gasteiger partial charge in [0, 0.05) is 5.39 Å². The van der Waals surface area contributed by atoms with Crippen molar-refractivity contribution >= 4 is 39.4 Å². The molecule has 0 aliphatic rings. The number of benzene rings is 2. The van der Waals surface area contributed by atoms with Gasteiger partial charge < -0.3 is 14.5 Å². The van der Waals surface area contributed by atoms with Gasteiger partial charge in [-0.25, -0.2) is 9.59 Å². The van der Waals surface area contributed by atoms with Gasteiger partial charge in [0.15, 0.2) is 0 Å². The van der Waals surface area contributed by atoms with Gasteiger partial charge in [-0.15, -0.1) is 0 Å². The number of hydrogen-bond acceptors (Lipinski definition) is 6. The molecule has 30 heavy (non-hydrogen) atoms. The third-order valence-electron chi connectivity index (χ3n) is 4.64. The van der Waals surface area contributed by atoms with Crippen LogP contribution in [0, 0.1) is 6.92 Å². The Morgan fingerprint density at radius 1 is 1.17 bits per heavy atom. The minimum atomic E-state index is -0.517. The van der Waals surface area contributed by atoms with Crippen LogP contribution in [-0.4, -0.2) is 28.3 Å². The molecule has 0 bridgehead atoms. The smallest absolute Gasteiger partial charge is 0.347 e. The average molecular weight is 405 g/mol. The number of para-hydroxylation sites is 1. The second kappa shape index (κ2) is 7.82. The molecule has 4 rings (SSSR count). The number of nitrogens with one attached hydrogen (secondary N) is 1. The van der Waals surface area contributed by atoms with Gasteiger partial charge in [-0.2, -0.15) is 5.10 Å². The largest absolute Gasteiger partial charge is 0.462 e. The Bertz CT molecular complexity index is 1340. The van der Waals surface area contributed by atoms with Crippen LogP contribution in [0.2, 0.25) is 0 Å². The molecule has 2 aromatic heterocycles. The van der Waals surface area contributed by atoms with E-state index in [-0.39, 0.29) is 18.7 Å². The molecule has 1 amide bonds. The summed E-state index contributed by atoms with van der Waals surface area (Å²) in [5, 5.41) is 7.93. The first kappa shape index (κ1) is 19.4. The van der Waals surface area contributed by atoms with Crippen LogP contribution in [0.15, 0.2) is 57.9 Å².